The van der Waals surface area contributed by atoms with Gasteiger partial charge in [0, 0.05) is 0 Å². The van der Waals surface area contributed by atoms with Crippen LogP contribution >= 0.6 is 0 Å². The molecule has 1 unspecified atom stereocenters. The molecule has 0 aromatic heterocycles. The predicted molar refractivity (Wildman–Crippen MR) is 147 cm³/mol. The second kappa shape index (κ2) is 12.8. The van der Waals surface area contributed by atoms with Crippen LogP contribution in [-0.2, 0) is 27.8 Å². The molecule has 3 aromatic carbocycles. The topological polar surface area (TPSA) is 0 Å². The number of rotatable bonds is 4. The molecule has 0 heterocycles. The Morgan fingerprint density at radius 2 is 1.06 bits per heavy atom. The quantitative estimate of drug-likeness (QED) is 0.290. The van der Waals surface area contributed by atoms with Crippen molar-refractivity contribution in [1.29, 1.82) is 0 Å². The van der Waals surface area contributed by atoms with Gasteiger partial charge in [0.05, 0.1) is 0 Å². The van der Waals surface area contributed by atoms with E-state index in [0.29, 0.717) is 0 Å². The molecule has 0 bridgehead atoms. The van der Waals surface area contributed by atoms with Gasteiger partial charge in [0.25, 0.3) is 0 Å². The first-order valence-corrected chi connectivity index (χ1v) is 12.4. The van der Waals surface area contributed by atoms with Crippen molar-refractivity contribution in [3.8, 4) is 0 Å². The summed E-state index contributed by atoms with van der Waals surface area (Å²) in [6.07, 6.45) is 0. The van der Waals surface area contributed by atoms with Crippen molar-refractivity contribution >= 4 is 19.2 Å². The van der Waals surface area contributed by atoms with Crippen molar-refractivity contribution in [3.63, 3.8) is 0 Å². The molecule has 0 saturated carbocycles. The fraction of sp³-hybridized carbons (Fsp3) is 0.333. The van der Waals surface area contributed by atoms with Crippen LogP contribution in [0.2, 0.25) is 0 Å². The Bertz CT molecular complexity index is 971. The Hall–Kier alpha value is -1.28. The summed E-state index contributed by atoms with van der Waals surface area (Å²) >= 11 is 0. The first-order chi connectivity index (χ1) is 13.1. The molecule has 0 aliphatic rings. The summed E-state index contributed by atoms with van der Waals surface area (Å²) in [7, 11) is -1.37. The van der Waals surface area contributed by atoms with Gasteiger partial charge in [-0.3, -0.25) is 0 Å². The van der Waals surface area contributed by atoms with Crippen molar-refractivity contribution in [2.45, 2.75) is 68.4 Å². The second-order valence-corrected chi connectivity index (χ2v) is 11.8. The largest absolute Gasteiger partial charge is 4.00 e. The van der Waals surface area contributed by atoms with E-state index < -0.39 is 8.80 Å². The molecule has 3 aromatic rings. The minimum atomic E-state index is -1.37. The van der Waals surface area contributed by atoms with Crippen LogP contribution in [0, 0.1) is 84.6 Å². The molecule has 0 amide bonds. The van der Waals surface area contributed by atoms with Gasteiger partial charge in [0.1, 0.15) is 8.80 Å². The summed E-state index contributed by atoms with van der Waals surface area (Å²) in [5.41, 5.74) is 14.7. The van der Waals surface area contributed by atoms with Crippen LogP contribution in [0.15, 0.2) is 30.3 Å². The van der Waals surface area contributed by atoms with Crippen LogP contribution in [-0.4, -0.2) is 8.80 Å². The summed E-state index contributed by atoms with van der Waals surface area (Å²) in [6, 6.07) is 13.4. The summed E-state index contributed by atoms with van der Waals surface area (Å²) in [5.74, 6) is 0. The van der Waals surface area contributed by atoms with E-state index in [0.717, 1.165) is 0 Å². The molecule has 0 spiro atoms. The summed E-state index contributed by atoms with van der Waals surface area (Å²) in [5, 5.41) is 3.16. The molecule has 172 valence electrons. The van der Waals surface area contributed by atoms with Gasteiger partial charge in [-0.05, 0) is 57.4 Å². The summed E-state index contributed by atoms with van der Waals surface area (Å²) < 4.78 is 0. The Balaban J connectivity index is 0. The van der Waals surface area contributed by atoms with Crippen molar-refractivity contribution in [2.24, 2.45) is 0 Å². The zero-order valence-corrected chi connectivity index (χ0v) is 25.4. The number of benzene rings is 2. The van der Waals surface area contributed by atoms with Gasteiger partial charge >= 0.3 is 21.7 Å². The van der Waals surface area contributed by atoms with E-state index >= 15 is 0 Å². The number of hydrogen-bond donors (Lipinski definition) is 0. The van der Waals surface area contributed by atoms with E-state index in [9.17, 15) is 0 Å². The van der Waals surface area contributed by atoms with Gasteiger partial charge in [0.15, 0.2) is 0 Å². The van der Waals surface area contributed by atoms with Crippen LogP contribution in [0.25, 0.3) is 0 Å². The SMILES string of the molecule is Cc1cc(C)cc([SiH](Cc2c(C)c(C)c(C)[c-]2C)c2cc(C)c(C)c(C)c2)c1.[CH3-].[CH3-].[CH3-].[Ti+4]. The second-order valence-electron chi connectivity index (χ2n) is 8.94. The molecule has 0 aliphatic heterocycles. The van der Waals surface area contributed by atoms with E-state index in [1.165, 1.54) is 56.1 Å². The fourth-order valence-corrected chi connectivity index (χ4v) is 8.42. The summed E-state index contributed by atoms with van der Waals surface area (Å²) in [6.45, 7) is 20.5. The maximum absolute atomic E-state index is 2.48. The molecule has 32 heavy (non-hydrogen) atoms. The predicted octanol–water partition coefficient (Wildman–Crippen LogP) is 6.65. The molecule has 3 rings (SSSR count). The number of aryl methyl sites for hydroxylation is 4. The molecule has 2 heteroatoms. The van der Waals surface area contributed by atoms with E-state index in [2.05, 4.69) is 92.6 Å². The third-order valence-corrected chi connectivity index (χ3v) is 10.1. The molecule has 0 N–H and O–H groups in total. The first-order valence-electron chi connectivity index (χ1n) is 10.5. The average Bonchev–Trinajstić information content (AvgIpc) is 2.80. The molecule has 1 atom stereocenters. The molecular weight excluding hydrogens is 436 g/mol. The molecule has 0 radical (unpaired) electrons. The van der Waals surface area contributed by atoms with E-state index in [4.69, 9.17) is 0 Å². The average molecular weight is 481 g/mol. The molecule has 0 aliphatic carbocycles. The van der Waals surface area contributed by atoms with Gasteiger partial charge in [-0.15, -0.1) is 0 Å². The monoisotopic (exact) mass is 480 g/mol. The number of hydrogen-bond acceptors (Lipinski definition) is 0. The minimum absolute atomic E-state index is 0. The minimum Gasteiger partial charge on any atom is -0.358 e. The zero-order valence-electron chi connectivity index (χ0n) is 22.7. The van der Waals surface area contributed by atoms with Gasteiger partial charge in [-0.2, -0.15) is 27.8 Å². The van der Waals surface area contributed by atoms with Gasteiger partial charge < -0.3 is 22.3 Å². The zero-order chi connectivity index (χ0) is 20.7. The summed E-state index contributed by atoms with van der Waals surface area (Å²) in [4.78, 5) is 0. The van der Waals surface area contributed by atoms with Crippen molar-refractivity contribution < 1.29 is 21.7 Å². The van der Waals surface area contributed by atoms with Crippen molar-refractivity contribution in [3.05, 3.63) is 108 Å². The Labute approximate surface area is 216 Å². The first kappa shape index (κ1) is 32.9. The molecule has 0 nitrogen and oxygen atoms in total. The Morgan fingerprint density at radius 3 is 1.47 bits per heavy atom. The molecule has 0 saturated heterocycles. The van der Waals surface area contributed by atoms with E-state index in [1.807, 2.05) is 0 Å². The van der Waals surface area contributed by atoms with Crippen molar-refractivity contribution in [1.82, 2.24) is 0 Å². The maximum atomic E-state index is 2.48. The fourth-order valence-electron chi connectivity index (χ4n) is 4.72. The molecular formula is C30H44SiTi. The van der Waals surface area contributed by atoms with Crippen LogP contribution in [0.5, 0.6) is 0 Å². The van der Waals surface area contributed by atoms with Crippen LogP contribution in [0.3, 0.4) is 0 Å². The van der Waals surface area contributed by atoms with Gasteiger partial charge in [0.2, 0.25) is 0 Å². The standard InChI is InChI=1S/C27H35Si.3CH3.Ti/c1-16-10-17(2)12-25(11-16)28(26-13-18(3)20(5)19(4)14-26)15-27-23(8)21(6)22(7)24(27)9;;;;/h10-14,28H,15H2,1-9H3;3*1H3;/q4*-1;+4. The van der Waals surface area contributed by atoms with Crippen LogP contribution < -0.4 is 10.4 Å². The van der Waals surface area contributed by atoms with E-state index in [1.54, 1.807) is 15.9 Å². The Morgan fingerprint density at radius 1 is 0.625 bits per heavy atom. The maximum Gasteiger partial charge on any atom is 4.00 e. The van der Waals surface area contributed by atoms with Crippen molar-refractivity contribution in [2.75, 3.05) is 0 Å². The Kier molecular flexibility index (Phi) is 13.2. The normalized spacial score (nSPS) is 10.9. The van der Waals surface area contributed by atoms with Crippen LogP contribution in [0.4, 0.5) is 0 Å². The van der Waals surface area contributed by atoms with Gasteiger partial charge in [-0.1, -0.05) is 79.5 Å². The smallest absolute Gasteiger partial charge is 0.358 e. The third kappa shape index (κ3) is 6.40. The molecule has 0 fully saturated rings. The third-order valence-electron chi connectivity index (χ3n) is 7.00. The van der Waals surface area contributed by atoms with Crippen LogP contribution in [0.1, 0.15) is 55.6 Å². The van der Waals surface area contributed by atoms with Gasteiger partial charge in [-0.25, -0.2) is 0 Å². The van der Waals surface area contributed by atoms with E-state index in [-0.39, 0.29) is 44.0 Å².